The van der Waals surface area contributed by atoms with Gasteiger partial charge in [-0.2, -0.15) is 12.7 Å². The number of aryl methyl sites for hydroxylation is 1. The zero-order valence-corrected chi connectivity index (χ0v) is 42.7. The van der Waals surface area contributed by atoms with Gasteiger partial charge in [0.2, 0.25) is 11.3 Å². The second kappa shape index (κ2) is 20.8. The van der Waals surface area contributed by atoms with Crippen LogP contribution in [0.2, 0.25) is 0 Å². The van der Waals surface area contributed by atoms with Gasteiger partial charge in [-0.3, -0.25) is 18.4 Å². The number of hydrogen-bond acceptors (Lipinski definition) is 19. The standard InChI is InChI=1S/C40H52N11O18P3S/c1-4-49-11-5-7-22-13-25-29(15-27(22)49)66-30-16-28-24(14-26(30)47-25)23(19-73(62,63)64)17-40(2,3)51(28)12-6-8-32(52)42-9-10-43-39(54)68-35-34(53)31(18-65-72(60,61)69-71(58,59)48-70(55,56)57)67-38(35)50-21-46-33-36(41)44-20-45-37(33)50/h13-17,20-21,31,34-35,38,53H,4-12,18-19H2,1-3H3,(H9-,41,42,43,44,45,48,52,54,55,56,57,58,59,60,61,62,63,64)/p+1/t31-,34-,35-,38-/m1/s1. The molecular weight excluding hydrogens is 1050 g/mol. The summed E-state index contributed by atoms with van der Waals surface area (Å²) >= 11 is 0. The number of nitrogens with two attached hydrogens (primary N) is 1. The van der Waals surface area contributed by atoms with Gasteiger partial charge in [-0.25, -0.2) is 43.0 Å². The molecule has 4 aliphatic heterocycles. The molecule has 73 heavy (non-hydrogen) atoms. The highest BCUT2D eigenvalue weighted by Crippen LogP contribution is 2.61. The Balaban J connectivity index is 0.889. The van der Waals surface area contributed by atoms with Crippen molar-refractivity contribution in [1.29, 1.82) is 0 Å². The van der Waals surface area contributed by atoms with Gasteiger partial charge in [0.05, 0.1) is 24.5 Å². The van der Waals surface area contributed by atoms with Gasteiger partial charge in [0.1, 0.15) is 53.9 Å². The lowest BCUT2D eigenvalue weighted by Gasteiger charge is -2.44. The summed E-state index contributed by atoms with van der Waals surface area (Å²) in [7, 11) is -21.1. The Hall–Kier alpha value is -5.29. The van der Waals surface area contributed by atoms with Crippen LogP contribution in [0.25, 0.3) is 16.7 Å². The molecule has 0 aliphatic carbocycles. The lowest BCUT2D eigenvalue weighted by atomic mass is 9.88. The van der Waals surface area contributed by atoms with E-state index in [2.05, 4.69) is 45.9 Å². The predicted molar refractivity (Wildman–Crippen MR) is 256 cm³/mol. The molecule has 2 amide bonds. The Labute approximate surface area is 415 Å². The van der Waals surface area contributed by atoms with Crippen molar-refractivity contribution >= 4 is 79.4 Å². The number of nitrogen functional groups attached to an aromatic ring is 1. The van der Waals surface area contributed by atoms with Gasteiger partial charge in [-0.05, 0) is 51.3 Å². The number of aromatic nitrogens is 4. The van der Waals surface area contributed by atoms with Crippen molar-refractivity contribution in [2.24, 2.45) is 4.99 Å². The average Bonchev–Trinajstić information content (AvgIpc) is 3.84. The first kappa shape index (κ1) is 54.0. The van der Waals surface area contributed by atoms with Crippen molar-refractivity contribution in [1.82, 2.24) is 39.6 Å². The van der Waals surface area contributed by atoms with E-state index >= 15 is 0 Å². The number of phosphoric acid groups is 1. The number of carbonyl (C=O) groups excluding carboxylic acids is 2. The number of phosphoric ester groups is 1. The van der Waals surface area contributed by atoms with Gasteiger partial charge in [0.25, 0.3) is 10.1 Å². The topological polar surface area (TPSA) is 411 Å². The fourth-order valence-corrected chi connectivity index (χ4v) is 13.1. The molecule has 0 radical (unpaired) electrons. The maximum Gasteiger partial charge on any atom is 0.480 e. The van der Waals surface area contributed by atoms with Crippen molar-refractivity contribution in [3.8, 4) is 11.5 Å². The summed E-state index contributed by atoms with van der Waals surface area (Å²) < 4.78 is 100.0. The summed E-state index contributed by atoms with van der Waals surface area (Å²) in [5.74, 6) is -0.0138. The van der Waals surface area contributed by atoms with E-state index < -0.39 is 82.0 Å². The van der Waals surface area contributed by atoms with Crippen LogP contribution in [0, 0.1) is 0 Å². The molecule has 396 valence electrons. The Bertz CT molecular complexity index is 3280. The fourth-order valence-electron chi connectivity index (χ4n) is 9.04. The van der Waals surface area contributed by atoms with Crippen molar-refractivity contribution in [3.63, 3.8) is 0 Å². The number of aliphatic hydroxyl groups excluding tert-OH is 1. The zero-order valence-electron chi connectivity index (χ0n) is 39.2. The monoisotopic (exact) mass is 1100 g/mol. The van der Waals surface area contributed by atoms with Gasteiger partial charge >= 0.3 is 29.4 Å². The maximum atomic E-state index is 13.1. The van der Waals surface area contributed by atoms with Crippen molar-refractivity contribution < 1.29 is 84.0 Å². The molecule has 6 atom stereocenters. The number of nitrogens with one attached hydrogen (secondary N) is 3. The Morgan fingerprint density at radius 2 is 1.79 bits per heavy atom. The second-order valence-electron chi connectivity index (χ2n) is 17.8. The van der Waals surface area contributed by atoms with Gasteiger partial charge in [0, 0.05) is 55.4 Å². The van der Waals surface area contributed by atoms with Crippen LogP contribution in [0.5, 0.6) is 11.5 Å². The van der Waals surface area contributed by atoms with Crippen LogP contribution in [-0.2, 0) is 53.3 Å². The van der Waals surface area contributed by atoms with E-state index in [1.54, 1.807) is 18.2 Å². The van der Waals surface area contributed by atoms with Crippen LogP contribution in [0.3, 0.4) is 0 Å². The van der Waals surface area contributed by atoms with Crippen molar-refractivity contribution in [2.45, 2.75) is 76.5 Å². The number of imidazole rings is 1. The zero-order chi connectivity index (χ0) is 52.8. The number of aliphatic hydroxyl groups is 1. The van der Waals surface area contributed by atoms with Gasteiger partial charge < -0.3 is 60.2 Å². The van der Waals surface area contributed by atoms with Gasteiger partial charge in [-0.15, -0.1) is 4.86 Å². The van der Waals surface area contributed by atoms with E-state index in [0.717, 1.165) is 48.0 Å². The minimum atomic E-state index is -5.63. The minimum Gasteiger partial charge on any atom is -0.452 e. The summed E-state index contributed by atoms with van der Waals surface area (Å²) in [6.07, 6.45) is -1.44. The fraction of sp³-hybridized carbons (Fsp3) is 0.475. The van der Waals surface area contributed by atoms with Crippen LogP contribution in [0.1, 0.15) is 57.4 Å². The normalized spacial score (nSPS) is 21.8. The molecule has 2 unspecified atom stereocenters. The summed E-state index contributed by atoms with van der Waals surface area (Å²) in [5.41, 5.74) is 8.43. The highest BCUT2D eigenvalue weighted by Gasteiger charge is 2.49. The minimum absolute atomic E-state index is 0.0304. The number of benzene rings is 2. The van der Waals surface area contributed by atoms with Crippen LogP contribution in [0.15, 0.2) is 48.0 Å². The number of fused-ring (bicyclic) bond motifs is 5. The summed E-state index contributed by atoms with van der Waals surface area (Å²) in [6, 6.07) is 7.57. The Morgan fingerprint density at radius 3 is 2.52 bits per heavy atom. The molecule has 1 fully saturated rings. The molecule has 4 aromatic rings. The molecule has 2 aromatic heterocycles. The maximum absolute atomic E-state index is 13.1. The molecule has 33 heteroatoms. The average molecular weight is 1100 g/mol. The van der Waals surface area contributed by atoms with E-state index in [4.69, 9.17) is 34.7 Å². The van der Waals surface area contributed by atoms with Crippen molar-refractivity contribution in [2.75, 3.05) is 55.7 Å². The highest BCUT2D eigenvalue weighted by molar-refractivity contribution is 7.86. The van der Waals surface area contributed by atoms with E-state index in [1.165, 1.54) is 10.9 Å². The van der Waals surface area contributed by atoms with E-state index in [1.807, 2.05) is 30.9 Å². The molecule has 1 saturated heterocycles. The highest BCUT2D eigenvalue weighted by atomic mass is 32.2. The molecule has 0 saturated carbocycles. The first-order valence-corrected chi connectivity index (χ1v) is 28.8. The van der Waals surface area contributed by atoms with E-state index in [-0.39, 0.29) is 42.4 Å². The van der Waals surface area contributed by atoms with E-state index in [0.29, 0.717) is 52.3 Å². The van der Waals surface area contributed by atoms with Crippen LogP contribution < -0.4 is 46.2 Å². The SMILES string of the molecule is CC[N+]1=c2cc3c(cc2CCC1)=Nc1cc2c(cc1O3)N(CCCC(=O)NCCNC(=O)O[C@@H]1[C@H](O)[C@@H](COP(=O)(O)OP(=O)(O)NP(=O)(O)O)O[C@H]1n1cnc3c(N)ncnc31)C(C)(C)C=C2CS(=O)(=O)O. The molecule has 2 aromatic carbocycles. The number of rotatable bonds is 19. The summed E-state index contributed by atoms with van der Waals surface area (Å²) in [4.78, 5) is 83.6. The molecule has 0 spiro atoms. The quantitative estimate of drug-likeness (QED) is 0.0235. The third-order valence-corrected chi connectivity index (χ3v) is 17.0. The van der Waals surface area contributed by atoms with E-state index in [9.17, 15) is 51.1 Å². The van der Waals surface area contributed by atoms with Gasteiger partial charge in [0.15, 0.2) is 35.3 Å². The van der Waals surface area contributed by atoms with Crippen molar-refractivity contribution in [3.05, 3.63) is 64.8 Å². The number of nitrogens with zero attached hydrogens (tertiary/aromatic N) is 7. The largest absolute Gasteiger partial charge is 0.480 e. The summed E-state index contributed by atoms with van der Waals surface area (Å²) in [6.45, 7) is 6.61. The van der Waals surface area contributed by atoms with Crippen LogP contribution in [-0.4, -0.2) is 138 Å². The number of amides is 2. The first-order chi connectivity index (χ1) is 34.2. The number of alkyl carbamates (subject to hydrolysis) is 1. The third-order valence-electron chi connectivity index (χ3n) is 12.1. The van der Waals surface area contributed by atoms with Crippen LogP contribution >= 0.6 is 23.3 Å². The molecule has 8 rings (SSSR count). The number of hydrogen-bond donors (Lipinski definition) is 10. The lowest BCUT2D eigenvalue weighted by molar-refractivity contribution is -0.121. The first-order valence-electron chi connectivity index (χ1n) is 22.5. The second-order valence-corrected chi connectivity index (χ2v) is 24.0. The molecule has 4 aliphatic rings. The number of ether oxygens (including phenoxy) is 3. The Morgan fingerprint density at radius 1 is 1.04 bits per heavy atom. The molecule has 0 bridgehead atoms. The molecule has 29 nitrogen and oxygen atoms in total. The number of carbonyl (C=O) groups is 2. The lowest BCUT2D eigenvalue weighted by Crippen LogP contribution is -2.46. The molecular formula is C40H53N11O18P3S+. The van der Waals surface area contributed by atoms with Crippen LogP contribution in [0.4, 0.5) is 22.0 Å². The number of anilines is 2. The summed E-state index contributed by atoms with van der Waals surface area (Å²) in [5, 5.41) is 18.1. The Kier molecular flexibility index (Phi) is 15.4. The molecule has 6 heterocycles. The third kappa shape index (κ3) is 12.6. The van der Waals surface area contributed by atoms with Gasteiger partial charge in [-0.1, -0.05) is 6.08 Å². The predicted octanol–water partition coefficient (Wildman–Crippen LogP) is 0.659. The smallest absolute Gasteiger partial charge is 0.452 e. The molecule has 11 N–H and O–H groups in total.